The van der Waals surface area contributed by atoms with Gasteiger partial charge in [0.1, 0.15) is 24.1 Å². The Hall–Kier alpha value is -2.15. The zero-order chi connectivity index (χ0) is 17.7. The molecule has 2 amide bonds. The van der Waals surface area contributed by atoms with E-state index in [-0.39, 0.29) is 24.8 Å². The van der Waals surface area contributed by atoms with Crippen molar-refractivity contribution in [3.8, 4) is 0 Å². The first-order valence-electron chi connectivity index (χ1n) is 7.87. The largest absolute Gasteiger partial charge is 0.444 e. The number of halogens is 1. The Morgan fingerprint density at radius 2 is 2.08 bits per heavy atom. The molecule has 1 aliphatic heterocycles. The summed E-state index contributed by atoms with van der Waals surface area (Å²) in [5, 5.41) is 2.44. The number of ether oxygens (including phenoxy) is 2. The van der Waals surface area contributed by atoms with E-state index in [0.717, 1.165) is 0 Å². The Morgan fingerprint density at radius 3 is 2.75 bits per heavy atom. The van der Waals surface area contributed by atoms with Crippen LogP contribution in [0.15, 0.2) is 24.3 Å². The lowest BCUT2D eigenvalue weighted by atomic mass is 10.1. The van der Waals surface area contributed by atoms with E-state index in [1.807, 2.05) is 0 Å². The molecule has 0 aliphatic carbocycles. The molecule has 0 saturated carbocycles. The van der Waals surface area contributed by atoms with E-state index < -0.39 is 17.8 Å². The molecule has 24 heavy (non-hydrogen) atoms. The molecule has 7 heteroatoms. The second-order valence-electron chi connectivity index (χ2n) is 6.58. The van der Waals surface area contributed by atoms with Crippen LogP contribution in [0.5, 0.6) is 0 Å². The van der Waals surface area contributed by atoms with Crippen LogP contribution in [0.3, 0.4) is 0 Å². The molecule has 1 fully saturated rings. The van der Waals surface area contributed by atoms with E-state index in [1.54, 1.807) is 43.9 Å². The Morgan fingerprint density at radius 1 is 1.38 bits per heavy atom. The number of nitrogens with one attached hydrogen (secondary N) is 1. The number of alkyl carbamates (subject to hydrolysis) is 1. The van der Waals surface area contributed by atoms with E-state index in [4.69, 9.17) is 9.47 Å². The molecule has 2 rings (SSSR count). The molecule has 1 saturated heterocycles. The summed E-state index contributed by atoms with van der Waals surface area (Å²) in [6, 6.07) is 6.35. The van der Waals surface area contributed by atoms with Gasteiger partial charge in [0, 0.05) is 12.1 Å². The van der Waals surface area contributed by atoms with Crippen LogP contribution in [0.25, 0.3) is 0 Å². The standard InChI is InChI=1S/C17H23FN2O4/c1-17(2,3)24-16(22)19-10-15(21)20-8-9-23-14(11-20)12-6-4-5-7-13(12)18/h4-7,14H,8-11H2,1-3H3,(H,19,22)/t14-/m1/s1. The van der Waals surface area contributed by atoms with Crippen LogP contribution in [0.2, 0.25) is 0 Å². The predicted molar refractivity (Wildman–Crippen MR) is 85.9 cm³/mol. The summed E-state index contributed by atoms with van der Waals surface area (Å²) in [6.45, 7) is 6.03. The van der Waals surface area contributed by atoms with Gasteiger partial charge in [0.05, 0.1) is 13.2 Å². The number of carbonyl (C=O) groups is 2. The molecule has 1 N–H and O–H groups in total. The summed E-state index contributed by atoms with van der Waals surface area (Å²) in [6.07, 6.45) is -1.15. The van der Waals surface area contributed by atoms with Gasteiger partial charge in [-0.15, -0.1) is 0 Å². The SMILES string of the molecule is CC(C)(C)OC(=O)NCC(=O)N1CCO[C@@H](c2ccccc2F)C1. The maximum Gasteiger partial charge on any atom is 0.408 e. The van der Waals surface area contributed by atoms with E-state index in [9.17, 15) is 14.0 Å². The van der Waals surface area contributed by atoms with Gasteiger partial charge in [-0.3, -0.25) is 4.79 Å². The van der Waals surface area contributed by atoms with Crippen molar-refractivity contribution in [2.75, 3.05) is 26.2 Å². The maximum absolute atomic E-state index is 13.9. The second-order valence-corrected chi connectivity index (χ2v) is 6.58. The van der Waals surface area contributed by atoms with Crippen LogP contribution < -0.4 is 5.32 Å². The van der Waals surface area contributed by atoms with Crippen LogP contribution in [-0.4, -0.2) is 48.7 Å². The maximum atomic E-state index is 13.9. The van der Waals surface area contributed by atoms with E-state index >= 15 is 0 Å². The minimum absolute atomic E-state index is 0.168. The quantitative estimate of drug-likeness (QED) is 0.918. The van der Waals surface area contributed by atoms with Gasteiger partial charge in [-0.2, -0.15) is 0 Å². The number of benzene rings is 1. The van der Waals surface area contributed by atoms with Crippen LogP contribution in [0.4, 0.5) is 9.18 Å². The highest BCUT2D eigenvalue weighted by Crippen LogP contribution is 2.24. The molecule has 1 atom stereocenters. The lowest BCUT2D eigenvalue weighted by Gasteiger charge is -2.33. The van der Waals surface area contributed by atoms with Gasteiger partial charge in [0.15, 0.2) is 0 Å². The summed E-state index contributed by atoms with van der Waals surface area (Å²) < 4.78 is 24.5. The van der Waals surface area contributed by atoms with Crippen molar-refractivity contribution in [1.82, 2.24) is 10.2 Å². The lowest BCUT2D eigenvalue weighted by molar-refractivity contribution is -0.138. The average Bonchev–Trinajstić information content (AvgIpc) is 2.51. The fraction of sp³-hybridized carbons (Fsp3) is 0.529. The van der Waals surface area contributed by atoms with Crippen molar-refractivity contribution in [3.05, 3.63) is 35.6 Å². The molecule has 1 heterocycles. The molecule has 0 radical (unpaired) electrons. The van der Waals surface area contributed by atoms with Gasteiger partial charge in [-0.05, 0) is 26.8 Å². The summed E-state index contributed by atoms with van der Waals surface area (Å²) >= 11 is 0. The van der Waals surface area contributed by atoms with Gasteiger partial charge < -0.3 is 19.7 Å². The average molecular weight is 338 g/mol. The van der Waals surface area contributed by atoms with Gasteiger partial charge >= 0.3 is 6.09 Å². The number of amides is 2. The third kappa shape index (κ3) is 5.19. The molecule has 6 nitrogen and oxygen atoms in total. The third-order valence-corrected chi connectivity index (χ3v) is 3.45. The Labute approximate surface area is 140 Å². The second kappa shape index (κ2) is 7.61. The van der Waals surface area contributed by atoms with Crippen molar-refractivity contribution in [2.45, 2.75) is 32.5 Å². The summed E-state index contributed by atoms with van der Waals surface area (Å²) in [5.74, 6) is -0.617. The van der Waals surface area contributed by atoms with Gasteiger partial charge in [-0.1, -0.05) is 18.2 Å². The molecule has 1 aromatic rings. The van der Waals surface area contributed by atoms with Crippen LogP contribution in [0, 0.1) is 5.82 Å². The minimum atomic E-state index is -0.644. The van der Waals surface area contributed by atoms with Crippen molar-refractivity contribution >= 4 is 12.0 Å². The number of carbonyl (C=O) groups excluding carboxylic acids is 2. The Bertz CT molecular complexity index is 600. The number of nitrogens with zero attached hydrogens (tertiary/aromatic N) is 1. The summed E-state index contributed by atoms with van der Waals surface area (Å²) in [5.41, 5.74) is -0.197. The molecule has 0 bridgehead atoms. The first kappa shape index (κ1) is 18.2. The lowest BCUT2D eigenvalue weighted by Crippen LogP contribution is -2.47. The summed E-state index contributed by atoms with van der Waals surface area (Å²) in [7, 11) is 0. The number of hydrogen-bond donors (Lipinski definition) is 1. The highest BCUT2D eigenvalue weighted by molar-refractivity contribution is 5.82. The zero-order valence-electron chi connectivity index (χ0n) is 14.2. The van der Waals surface area contributed by atoms with E-state index in [2.05, 4.69) is 5.32 Å². The first-order chi connectivity index (χ1) is 11.3. The molecule has 1 aliphatic rings. The van der Waals surface area contributed by atoms with Crippen LogP contribution in [-0.2, 0) is 14.3 Å². The molecule has 0 aromatic heterocycles. The van der Waals surface area contributed by atoms with Crippen molar-refractivity contribution in [1.29, 1.82) is 0 Å². The molecule has 132 valence electrons. The normalized spacial score (nSPS) is 18.2. The topological polar surface area (TPSA) is 67.9 Å². The number of hydrogen-bond acceptors (Lipinski definition) is 4. The predicted octanol–water partition coefficient (Wildman–Crippen LogP) is 2.25. The fourth-order valence-electron chi connectivity index (χ4n) is 2.37. The third-order valence-electron chi connectivity index (χ3n) is 3.45. The summed E-state index contributed by atoms with van der Waals surface area (Å²) in [4.78, 5) is 25.4. The molecule has 0 spiro atoms. The molecular formula is C17H23FN2O4. The Kier molecular flexibility index (Phi) is 5.77. The van der Waals surface area contributed by atoms with Crippen LogP contribution >= 0.6 is 0 Å². The fourth-order valence-corrected chi connectivity index (χ4v) is 2.37. The van der Waals surface area contributed by atoms with Gasteiger partial charge in [0.25, 0.3) is 0 Å². The Balaban J connectivity index is 1.89. The number of morpholine rings is 1. The van der Waals surface area contributed by atoms with Crippen molar-refractivity contribution < 1.29 is 23.5 Å². The van der Waals surface area contributed by atoms with Crippen molar-refractivity contribution in [2.24, 2.45) is 0 Å². The zero-order valence-corrected chi connectivity index (χ0v) is 14.2. The number of rotatable bonds is 3. The van der Waals surface area contributed by atoms with Gasteiger partial charge in [0.2, 0.25) is 5.91 Å². The van der Waals surface area contributed by atoms with Gasteiger partial charge in [-0.25, -0.2) is 9.18 Å². The minimum Gasteiger partial charge on any atom is -0.444 e. The van der Waals surface area contributed by atoms with Crippen LogP contribution in [0.1, 0.15) is 32.4 Å². The molecule has 1 aromatic carbocycles. The van der Waals surface area contributed by atoms with E-state index in [0.29, 0.717) is 18.7 Å². The highest BCUT2D eigenvalue weighted by Gasteiger charge is 2.27. The smallest absolute Gasteiger partial charge is 0.408 e. The van der Waals surface area contributed by atoms with E-state index in [1.165, 1.54) is 6.07 Å². The molecular weight excluding hydrogens is 315 g/mol. The highest BCUT2D eigenvalue weighted by atomic mass is 19.1. The molecule has 0 unspecified atom stereocenters. The monoisotopic (exact) mass is 338 g/mol. The first-order valence-corrected chi connectivity index (χ1v) is 7.87. The van der Waals surface area contributed by atoms with Crippen molar-refractivity contribution in [3.63, 3.8) is 0 Å².